The van der Waals surface area contributed by atoms with Crippen molar-refractivity contribution in [3.63, 3.8) is 0 Å². The van der Waals surface area contributed by atoms with Crippen molar-refractivity contribution in [1.82, 2.24) is 5.32 Å². The van der Waals surface area contributed by atoms with Crippen LogP contribution in [0.15, 0.2) is 30.3 Å². The first kappa shape index (κ1) is 13.5. The second-order valence-corrected chi connectivity index (χ2v) is 4.65. The molecule has 1 heterocycles. The molecule has 1 aromatic carbocycles. The molecule has 4 heteroatoms. The summed E-state index contributed by atoms with van der Waals surface area (Å²) in [7, 11) is 0. The summed E-state index contributed by atoms with van der Waals surface area (Å²) >= 11 is 0. The minimum absolute atomic E-state index is 0.180. The molecule has 0 bridgehead atoms. The molecule has 19 heavy (non-hydrogen) atoms. The molecule has 1 aliphatic heterocycles. The summed E-state index contributed by atoms with van der Waals surface area (Å²) in [5, 5.41) is 2.39. The Labute approximate surface area is 112 Å². The second-order valence-electron chi connectivity index (χ2n) is 4.65. The van der Waals surface area contributed by atoms with Gasteiger partial charge in [0.2, 0.25) is 11.8 Å². The highest BCUT2D eigenvalue weighted by Gasteiger charge is 2.27. The van der Waals surface area contributed by atoms with E-state index in [2.05, 4.69) is 5.32 Å². The van der Waals surface area contributed by atoms with Gasteiger partial charge in [-0.2, -0.15) is 0 Å². The van der Waals surface area contributed by atoms with Gasteiger partial charge in [0, 0.05) is 6.42 Å². The lowest BCUT2D eigenvalue weighted by molar-refractivity contribution is -0.134. The fourth-order valence-corrected chi connectivity index (χ4v) is 2.21. The Hall–Kier alpha value is -1.94. The molecular formula is C15H18N2O2. The van der Waals surface area contributed by atoms with E-state index in [4.69, 9.17) is 5.73 Å². The second kappa shape index (κ2) is 6.29. The van der Waals surface area contributed by atoms with Crippen molar-refractivity contribution in [3.05, 3.63) is 41.5 Å². The number of hydrogen-bond acceptors (Lipinski definition) is 3. The molecule has 0 aromatic heterocycles. The highest BCUT2D eigenvalue weighted by molar-refractivity contribution is 6.00. The van der Waals surface area contributed by atoms with Crippen LogP contribution in [0.3, 0.4) is 0 Å². The van der Waals surface area contributed by atoms with Crippen LogP contribution in [0.2, 0.25) is 0 Å². The van der Waals surface area contributed by atoms with Gasteiger partial charge in [0.25, 0.3) is 0 Å². The zero-order valence-electron chi connectivity index (χ0n) is 10.8. The lowest BCUT2D eigenvalue weighted by Gasteiger charge is -2.21. The van der Waals surface area contributed by atoms with Crippen molar-refractivity contribution < 1.29 is 9.59 Å². The van der Waals surface area contributed by atoms with Crippen LogP contribution in [0.5, 0.6) is 0 Å². The average molecular weight is 258 g/mol. The first-order valence-electron chi connectivity index (χ1n) is 6.51. The summed E-state index contributed by atoms with van der Waals surface area (Å²) in [6.45, 7) is 0.628. The number of piperidine rings is 1. The van der Waals surface area contributed by atoms with Crippen molar-refractivity contribution in [2.24, 2.45) is 5.73 Å². The van der Waals surface area contributed by atoms with Gasteiger partial charge in [0.15, 0.2) is 0 Å². The van der Waals surface area contributed by atoms with Crippen LogP contribution in [-0.4, -0.2) is 18.4 Å². The molecule has 1 aliphatic rings. The third-order valence-corrected chi connectivity index (χ3v) is 3.20. The molecule has 2 amide bonds. The van der Waals surface area contributed by atoms with Gasteiger partial charge in [-0.05, 0) is 30.5 Å². The summed E-state index contributed by atoms with van der Waals surface area (Å²) < 4.78 is 0. The van der Waals surface area contributed by atoms with E-state index in [0.29, 0.717) is 19.4 Å². The molecule has 2 rings (SSSR count). The zero-order chi connectivity index (χ0) is 13.7. The highest BCUT2D eigenvalue weighted by atomic mass is 16.2. The largest absolute Gasteiger partial charge is 0.330 e. The number of amides is 2. The first-order valence-corrected chi connectivity index (χ1v) is 6.51. The summed E-state index contributed by atoms with van der Waals surface area (Å²) in [4.78, 5) is 22.9. The SMILES string of the molecule is NCC/C=C/c1cccc(C2CCC(=O)NC2=O)c1. The number of nitrogens with one attached hydrogen (secondary N) is 1. The summed E-state index contributed by atoms with van der Waals surface area (Å²) in [5.74, 6) is -0.597. The molecule has 0 saturated carbocycles. The van der Waals surface area contributed by atoms with Crippen molar-refractivity contribution in [1.29, 1.82) is 0 Å². The Morgan fingerprint density at radius 2 is 2.21 bits per heavy atom. The molecule has 0 radical (unpaired) electrons. The van der Waals surface area contributed by atoms with Crippen LogP contribution in [-0.2, 0) is 9.59 Å². The highest BCUT2D eigenvalue weighted by Crippen LogP contribution is 2.25. The fourth-order valence-electron chi connectivity index (χ4n) is 2.21. The van der Waals surface area contributed by atoms with E-state index in [0.717, 1.165) is 17.5 Å². The smallest absolute Gasteiger partial charge is 0.234 e. The molecule has 1 unspecified atom stereocenters. The van der Waals surface area contributed by atoms with E-state index in [9.17, 15) is 9.59 Å². The lowest BCUT2D eigenvalue weighted by atomic mass is 9.89. The number of nitrogens with two attached hydrogens (primary N) is 1. The van der Waals surface area contributed by atoms with Gasteiger partial charge in [-0.1, -0.05) is 36.4 Å². The summed E-state index contributed by atoms with van der Waals surface area (Å²) in [6, 6.07) is 7.84. The maximum Gasteiger partial charge on any atom is 0.234 e. The van der Waals surface area contributed by atoms with Gasteiger partial charge < -0.3 is 5.73 Å². The van der Waals surface area contributed by atoms with Gasteiger partial charge in [-0.15, -0.1) is 0 Å². The number of rotatable bonds is 4. The van der Waals surface area contributed by atoms with Crippen molar-refractivity contribution >= 4 is 17.9 Å². The van der Waals surface area contributed by atoms with Gasteiger partial charge in [-0.25, -0.2) is 0 Å². The molecule has 4 nitrogen and oxygen atoms in total. The van der Waals surface area contributed by atoms with E-state index in [1.54, 1.807) is 0 Å². The minimum Gasteiger partial charge on any atom is -0.330 e. The normalized spacial score (nSPS) is 19.7. The summed E-state index contributed by atoms with van der Waals surface area (Å²) in [5.41, 5.74) is 7.44. The van der Waals surface area contributed by atoms with Crippen molar-refractivity contribution in [2.45, 2.75) is 25.2 Å². The number of hydrogen-bond donors (Lipinski definition) is 2. The van der Waals surface area contributed by atoms with E-state index in [1.807, 2.05) is 36.4 Å². The Balaban J connectivity index is 2.14. The maximum absolute atomic E-state index is 11.8. The third kappa shape index (κ3) is 3.51. The number of imide groups is 1. The Bertz CT molecular complexity index is 509. The Morgan fingerprint density at radius 3 is 2.95 bits per heavy atom. The first-order chi connectivity index (χ1) is 9.20. The topological polar surface area (TPSA) is 72.2 Å². The van der Waals surface area contributed by atoms with Gasteiger partial charge in [-0.3, -0.25) is 14.9 Å². The monoisotopic (exact) mass is 258 g/mol. The van der Waals surface area contributed by atoms with Crippen LogP contribution in [0.1, 0.15) is 36.3 Å². The van der Waals surface area contributed by atoms with Gasteiger partial charge in [0.05, 0.1) is 5.92 Å². The van der Waals surface area contributed by atoms with Crippen molar-refractivity contribution in [3.8, 4) is 0 Å². The average Bonchev–Trinajstić information content (AvgIpc) is 2.39. The summed E-state index contributed by atoms with van der Waals surface area (Å²) in [6.07, 6.45) is 5.85. The standard InChI is InChI=1S/C15H18N2O2/c16-9-2-1-4-11-5-3-6-12(10-11)13-7-8-14(18)17-15(13)19/h1,3-6,10,13H,2,7-9,16H2,(H,17,18,19)/b4-1+. The molecule has 100 valence electrons. The molecule has 1 saturated heterocycles. The van der Waals surface area contributed by atoms with Crippen molar-refractivity contribution in [2.75, 3.05) is 6.54 Å². The predicted octanol–water partition coefficient (Wildman–Crippen LogP) is 1.57. The molecular weight excluding hydrogens is 240 g/mol. The number of carbonyl (C=O) groups excluding carboxylic acids is 2. The van der Waals surface area contributed by atoms with Crippen LogP contribution in [0.4, 0.5) is 0 Å². The van der Waals surface area contributed by atoms with Crippen LogP contribution >= 0.6 is 0 Å². The Morgan fingerprint density at radius 1 is 1.37 bits per heavy atom. The molecule has 1 aromatic rings. The van der Waals surface area contributed by atoms with E-state index < -0.39 is 0 Å². The van der Waals surface area contributed by atoms with Gasteiger partial charge in [0.1, 0.15) is 0 Å². The Kier molecular flexibility index (Phi) is 4.47. The molecule has 0 aliphatic carbocycles. The number of benzene rings is 1. The van der Waals surface area contributed by atoms with Crippen LogP contribution in [0, 0.1) is 0 Å². The molecule has 3 N–H and O–H groups in total. The molecule has 1 atom stereocenters. The third-order valence-electron chi connectivity index (χ3n) is 3.20. The predicted molar refractivity (Wildman–Crippen MR) is 74.3 cm³/mol. The van der Waals surface area contributed by atoms with Crippen LogP contribution < -0.4 is 11.1 Å². The minimum atomic E-state index is -0.222. The van der Waals surface area contributed by atoms with Gasteiger partial charge >= 0.3 is 0 Å². The fraction of sp³-hybridized carbons (Fsp3) is 0.333. The van der Waals surface area contributed by atoms with E-state index in [1.165, 1.54) is 0 Å². The quantitative estimate of drug-likeness (QED) is 0.805. The lowest BCUT2D eigenvalue weighted by Crippen LogP contribution is -2.39. The zero-order valence-corrected chi connectivity index (χ0v) is 10.8. The number of carbonyl (C=O) groups is 2. The maximum atomic E-state index is 11.8. The molecule has 0 spiro atoms. The van der Waals surface area contributed by atoms with E-state index >= 15 is 0 Å². The van der Waals surface area contributed by atoms with Crippen LogP contribution in [0.25, 0.3) is 6.08 Å². The van der Waals surface area contributed by atoms with E-state index in [-0.39, 0.29) is 17.7 Å². The molecule has 1 fully saturated rings.